The maximum atomic E-state index is 12.2. The van der Waals surface area contributed by atoms with E-state index in [-0.39, 0.29) is 12.3 Å². The smallest absolute Gasteiger partial charge is 0.244 e. The Kier molecular flexibility index (Phi) is 9.79. The molecule has 0 bridgehead atoms. The highest BCUT2D eigenvalue weighted by Gasteiger charge is 2.12. The highest BCUT2D eigenvalue weighted by atomic mass is 79.9. The zero-order valence-electron chi connectivity index (χ0n) is 19.0. The molecule has 8 heteroatoms. The van der Waals surface area contributed by atoms with Gasteiger partial charge in [0.15, 0.2) is 11.5 Å². The molecule has 0 fully saturated rings. The van der Waals surface area contributed by atoms with E-state index in [1.54, 1.807) is 6.21 Å². The van der Waals surface area contributed by atoms with E-state index >= 15 is 0 Å². The summed E-state index contributed by atoms with van der Waals surface area (Å²) >= 11 is 9.49. The average molecular weight is 546 g/mol. The lowest BCUT2D eigenvalue weighted by molar-refractivity contribution is -0.120. The van der Waals surface area contributed by atoms with Gasteiger partial charge >= 0.3 is 0 Å². The molecular formula is C26H26BrClN2O4. The molecule has 3 aromatic rings. The number of rotatable bonds is 11. The summed E-state index contributed by atoms with van der Waals surface area (Å²) in [6, 6.07) is 18.5. The molecule has 0 aliphatic rings. The highest BCUT2D eigenvalue weighted by Crippen LogP contribution is 2.37. The first-order valence-corrected chi connectivity index (χ1v) is 12.0. The lowest BCUT2D eigenvalue weighted by atomic mass is 10.1. The first kappa shape index (κ1) is 25.6. The van der Waals surface area contributed by atoms with Crippen LogP contribution in [0.5, 0.6) is 17.2 Å². The molecule has 1 N–H and O–H groups in total. The number of nitrogens with one attached hydrogen (secondary N) is 1. The molecule has 3 rings (SSSR count). The molecule has 0 radical (unpaired) electrons. The van der Waals surface area contributed by atoms with Crippen molar-refractivity contribution in [2.45, 2.75) is 26.9 Å². The van der Waals surface area contributed by atoms with Gasteiger partial charge in [-0.3, -0.25) is 4.79 Å². The molecule has 0 aliphatic heterocycles. The SMILES string of the molecule is CCOc1ccc(CC(=O)N/N=C/c2cc(Br)c(OCc3ccc(Cl)cc3)c(OCC)c2)cc1. The van der Waals surface area contributed by atoms with Gasteiger partial charge in [0.2, 0.25) is 5.91 Å². The maximum Gasteiger partial charge on any atom is 0.244 e. The van der Waals surface area contributed by atoms with E-state index < -0.39 is 0 Å². The van der Waals surface area contributed by atoms with E-state index in [0.29, 0.717) is 36.3 Å². The molecule has 1 amide bonds. The summed E-state index contributed by atoms with van der Waals surface area (Å²) in [6.07, 6.45) is 1.78. The number of hydrazone groups is 1. The van der Waals surface area contributed by atoms with Gasteiger partial charge < -0.3 is 14.2 Å². The molecule has 34 heavy (non-hydrogen) atoms. The van der Waals surface area contributed by atoms with Crippen LogP contribution in [0.25, 0.3) is 0 Å². The molecule has 0 aliphatic carbocycles. The van der Waals surface area contributed by atoms with Gasteiger partial charge in [0.25, 0.3) is 0 Å². The molecule has 0 aromatic heterocycles. The topological polar surface area (TPSA) is 69.2 Å². The van der Waals surface area contributed by atoms with Crippen molar-refractivity contribution in [3.05, 3.63) is 86.8 Å². The van der Waals surface area contributed by atoms with E-state index in [9.17, 15) is 4.79 Å². The molecule has 0 saturated carbocycles. The third-order valence-corrected chi connectivity index (χ3v) is 5.47. The van der Waals surface area contributed by atoms with Crippen molar-refractivity contribution in [3.63, 3.8) is 0 Å². The minimum Gasteiger partial charge on any atom is -0.494 e. The second-order valence-electron chi connectivity index (χ2n) is 7.23. The second-order valence-corrected chi connectivity index (χ2v) is 8.52. The maximum absolute atomic E-state index is 12.2. The Hall–Kier alpha value is -3.03. The predicted molar refractivity (Wildman–Crippen MR) is 138 cm³/mol. The number of nitrogens with zero attached hydrogens (tertiary/aromatic N) is 1. The summed E-state index contributed by atoms with van der Waals surface area (Å²) in [5, 5.41) is 4.76. The van der Waals surface area contributed by atoms with E-state index in [2.05, 4.69) is 26.5 Å². The van der Waals surface area contributed by atoms with Crippen LogP contribution < -0.4 is 19.6 Å². The first-order valence-electron chi connectivity index (χ1n) is 10.9. The summed E-state index contributed by atoms with van der Waals surface area (Å²) in [5.74, 6) is 1.73. The van der Waals surface area contributed by atoms with Crippen molar-refractivity contribution in [2.24, 2.45) is 5.10 Å². The normalized spacial score (nSPS) is 10.8. The Morgan fingerprint density at radius 3 is 2.32 bits per heavy atom. The molecule has 0 heterocycles. The Balaban J connectivity index is 1.62. The van der Waals surface area contributed by atoms with E-state index in [1.165, 1.54) is 0 Å². The van der Waals surface area contributed by atoms with Crippen LogP contribution in [0.15, 0.2) is 70.2 Å². The summed E-state index contributed by atoms with van der Waals surface area (Å²) in [4.78, 5) is 12.2. The molecule has 3 aromatic carbocycles. The zero-order chi connectivity index (χ0) is 24.3. The van der Waals surface area contributed by atoms with Crippen LogP contribution in [-0.4, -0.2) is 25.3 Å². The molecular weight excluding hydrogens is 520 g/mol. The number of carbonyl (C=O) groups excluding carboxylic acids is 1. The van der Waals surface area contributed by atoms with Crippen LogP contribution in [0.1, 0.15) is 30.5 Å². The van der Waals surface area contributed by atoms with Crippen molar-refractivity contribution in [1.82, 2.24) is 5.43 Å². The number of ether oxygens (including phenoxy) is 3. The minimum absolute atomic E-state index is 0.215. The van der Waals surface area contributed by atoms with Crippen LogP contribution >= 0.6 is 27.5 Å². The number of hydrogen-bond acceptors (Lipinski definition) is 5. The fourth-order valence-corrected chi connectivity index (χ4v) is 3.78. The van der Waals surface area contributed by atoms with Crippen molar-refractivity contribution >= 4 is 39.7 Å². The second kappa shape index (κ2) is 13.0. The van der Waals surface area contributed by atoms with Crippen LogP contribution in [0, 0.1) is 0 Å². The van der Waals surface area contributed by atoms with Crippen LogP contribution in [0.2, 0.25) is 5.02 Å². The van der Waals surface area contributed by atoms with Gasteiger partial charge in [0, 0.05) is 5.02 Å². The van der Waals surface area contributed by atoms with Crippen LogP contribution in [-0.2, 0) is 17.8 Å². The highest BCUT2D eigenvalue weighted by molar-refractivity contribution is 9.10. The lowest BCUT2D eigenvalue weighted by Gasteiger charge is -2.14. The van der Waals surface area contributed by atoms with Crippen molar-refractivity contribution in [3.8, 4) is 17.2 Å². The number of hydrogen-bond donors (Lipinski definition) is 1. The molecule has 178 valence electrons. The Morgan fingerprint density at radius 1 is 0.971 bits per heavy atom. The Bertz CT molecular complexity index is 1120. The van der Waals surface area contributed by atoms with Gasteiger partial charge in [-0.05, 0) is 82.9 Å². The Morgan fingerprint density at radius 2 is 1.65 bits per heavy atom. The largest absolute Gasteiger partial charge is 0.494 e. The van der Waals surface area contributed by atoms with Crippen LogP contribution in [0.4, 0.5) is 0 Å². The molecule has 0 saturated heterocycles. The summed E-state index contributed by atoms with van der Waals surface area (Å²) < 4.78 is 17.9. The van der Waals surface area contributed by atoms with Gasteiger partial charge in [-0.15, -0.1) is 0 Å². The summed E-state index contributed by atoms with van der Waals surface area (Å²) in [5.41, 5.74) is 5.16. The van der Waals surface area contributed by atoms with Gasteiger partial charge in [-0.2, -0.15) is 5.10 Å². The molecule has 6 nitrogen and oxygen atoms in total. The molecule has 0 spiro atoms. The number of carbonyl (C=O) groups is 1. The van der Waals surface area contributed by atoms with Gasteiger partial charge in [-0.25, -0.2) is 5.43 Å². The van der Waals surface area contributed by atoms with Gasteiger partial charge in [0.1, 0.15) is 12.4 Å². The molecule has 0 unspecified atom stereocenters. The van der Waals surface area contributed by atoms with Gasteiger partial charge in [-0.1, -0.05) is 35.9 Å². The van der Waals surface area contributed by atoms with E-state index in [0.717, 1.165) is 26.9 Å². The van der Waals surface area contributed by atoms with Crippen LogP contribution in [0.3, 0.4) is 0 Å². The summed E-state index contributed by atoms with van der Waals surface area (Å²) in [7, 11) is 0. The van der Waals surface area contributed by atoms with E-state index in [1.807, 2.05) is 74.5 Å². The van der Waals surface area contributed by atoms with Crippen molar-refractivity contribution in [1.29, 1.82) is 0 Å². The standard InChI is InChI=1S/C26H26BrClN2O4/c1-3-32-22-11-7-18(8-12-22)15-25(31)30-29-16-20-13-23(27)26(24(14-20)33-4-2)34-17-19-5-9-21(28)10-6-19/h5-14,16H,3-4,15,17H2,1-2H3,(H,30,31)/b29-16+. The summed E-state index contributed by atoms with van der Waals surface area (Å²) in [6.45, 7) is 5.27. The van der Waals surface area contributed by atoms with Crippen molar-refractivity contribution in [2.75, 3.05) is 13.2 Å². The van der Waals surface area contributed by atoms with Gasteiger partial charge in [0.05, 0.1) is 30.3 Å². The monoisotopic (exact) mass is 544 g/mol. The predicted octanol–water partition coefficient (Wildman–Crippen LogP) is 6.17. The number of benzene rings is 3. The fourth-order valence-electron chi connectivity index (χ4n) is 3.08. The van der Waals surface area contributed by atoms with E-state index in [4.69, 9.17) is 25.8 Å². The lowest BCUT2D eigenvalue weighted by Crippen LogP contribution is -2.19. The first-order chi connectivity index (χ1) is 16.5. The average Bonchev–Trinajstić information content (AvgIpc) is 2.81. The fraction of sp³-hybridized carbons (Fsp3) is 0.231. The third kappa shape index (κ3) is 7.78. The minimum atomic E-state index is -0.215. The number of amides is 1. The quantitative estimate of drug-likeness (QED) is 0.231. The van der Waals surface area contributed by atoms with Crippen molar-refractivity contribution < 1.29 is 19.0 Å². The Labute approximate surface area is 213 Å². The number of halogens is 2. The zero-order valence-corrected chi connectivity index (χ0v) is 21.4. The third-order valence-electron chi connectivity index (χ3n) is 4.63. The molecule has 0 atom stereocenters.